The number of nitrogens with zero attached hydrogens (tertiary/aromatic N) is 2. The fourth-order valence-electron chi connectivity index (χ4n) is 1.36. The van der Waals surface area contributed by atoms with Crippen LogP contribution in [0, 0.1) is 11.3 Å². The fourth-order valence-corrected chi connectivity index (χ4v) is 2.91. The zero-order valence-electron chi connectivity index (χ0n) is 9.50. The summed E-state index contributed by atoms with van der Waals surface area (Å²) in [5, 5.41) is 12.3. The van der Waals surface area contributed by atoms with E-state index in [2.05, 4.69) is 14.4 Å². The van der Waals surface area contributed by atoms with Gasteiger partial charge in [-0.3, -0.25) is 0 Å². The lowest BCUT2D eigenvalue weighted by molar-refractivity contribution is 0.411. The maximum Gasteiger partial charge on any atom is 0.242 e. The van der Waals surface area contributed by atoms with E-state index < -0.39 is 10.0 Å². The molecule has 0 bridgehead atoms. The summed E-state index contributed by atoms with van der Waals surface area (Å²) >= 11 is 5.85. The zero-order chi connectivity index (χ0) is 13.9. The monoisotopic (exact) mass is 297 g/mol. The summed E-state index contributed by atoms with van der Waals surface area (Å²) in [6.07, 6.45) is 1.35. The smallest absolute Gasteiger partial charge is 0.242 e. The van der Waals surface area contributed by atoms with Gasteiger partial charge in [-0.05, 0) is 18.2 Å². The molecule has 19 heavy (non-hydrogen) atoms. The summed E-state index contributed by atoms with van der Waals surface area (Å²) in [6, 6.07) is 7.39. The van der Waals surface area contributed by atoms with Crippen LogP contribution in [-0.4, -0.2) is 13.6 Å². The summed E-state index contributed by atoms with van der Waals surface area (Å²) in [5.41, 5.74) is 0.744. The van der Waals surface area contributed by atoms with E-state index in [-0.39, 0.29) is 16.5 Å². The lowest BCUT2D eigenvalue weighted by atomic mass is 10.2. The summed E-state index contributed by atoms with van der Waals surface area (Å²) in [5.74, 6) is 0. The standard InChI is InChI=1S/C11H8ClN3O3S/c12-10-5-8(6-13)1-2-11(10)19(16,17)14-7-9-3-4-18-15-9/h1-5,14H,7H2. The first kappa shape index (κ1) is 13.5. The number of hydrogen-bond acceptors (Lipinski definition) is 5. The Labute approximate surface area is 114 Å². The molecular formula is C11H8ClN3O3S. The van der Waals surface area contributed by atoms with Gasteiger partial charge in [-0.15, -0.1) is 0 Å². The topological polar surface area (TPSA) is 96.0 Å². The SMILES string of the molecule is N#Cc1ccc(S(=O)(=O)NCc2ccon2)c(Cl)c1. The van der Waals surface area contributed by atoms with E-state index in [9.17, 15) is 8.42 Å². The molecule has 0 atom stereocenters. The zero-order valence-corrected chi connectivity index (χ0v) is 11.1. The highest BCUT2D eigenvalue weighted by Crippen LogP contribution is 2.22. The molecule has 0 saturated heterocycles. The van der Waals surface area contributed by atoms with Crippen LogP contribution in [0.25, 0.3) is 0 Å². The molecule has 0 unspecified atom stereocenters. The Morgan fingerprint density at radius 1 is 1.42 bits per heavy atom. The predicted octanol–water partition coefficient (Wildman–Crippen LogP) is 1.68. The van der Waals surface area contributed by atoms with Crippen LogP contribution in [0.15, 0.2) is 39.9 Å². The molecule has 1 heterocycles. The molecule has 0 aliphatic rings. The molecule has 0 aliphatic carbocycles. The Hall–Kier alpha value is -1.88. The van der Waals surface area contributed by atoms with Gasteiger partial charge in [0.15, 0.2) is 0 Å². The summed E-state index contributed by atoms with van der Waals surface area (Å²) < 4.78 is 31.0. The summed E-state index contributed by atoms with van der Waals surface area (Å²) in [7, 11) is -3.77. The minimum absolute atomic E-state index is 0.00480. The Balaban J connectivity index is 2.22. The molecule has 0 amide bonds. The largest absolute Gasteiger partial charge is 0.364 e. The highest BCUT2D eigenvalue weighted by atomic mass is 35.5. The highest BCUT2D eigenvalue weighted by Gasteiger charge is 2.18. The molecule has 8 heteroatoms. The van der Waals surface area contributed by atoms with E-state index in [0.29, 0.717) is 11.3 Å². The summed E-state index contributed by atoms with van der Waals surface area (Å²) in [6.45, 7) is -0.00480. The number of sulfonamides is 1. The Morgan fingerprint density at radius 3 is 2.79 bits per heavy atom. The Morgan fingerprint density at radius 2 is 2.21 bits per heavy atom. The number of aromatic nitrogens is 1. The van der Waals surface area contributed by atoms with Crippen molar-refractivity contribution >= 4 is 21.6 Å². The molecular weight excluding hydrogens is 290 g/mol. The van der Waals surface area contributed by atoms with Crippen LogP contribution in [-0.2, 0) is 16.6 Å². The maximum atomic E-state index is 12.0. The molecule has 0 radical (unpaired) electrons. The fraction of sp³-hybridized carbons (Fsp3) is 0.0909. The average molecular weight is 298 g/mol. The predicted molar refractivity (Wildman–Crippen MR) is 66.7 cm³/mol. The average Bonchev–Trinajstić information content (AvgIpc) is 2.89. The van der Waals surface area contributed by atoms with E-state index in [4.69, 9.17) is 16.9 Å². The van der Waals surface area contributed by atoms with Gasteiger partial charge < -0.3 is 4.52 Å². The first-order valence-electron chi connectivity index (χ1n) is 5.11. The molecule has 1 aromatic heterocycles. The minimum Gasteiger partial charge on any atom is -0.364 e. The van der Waals surface area contributed by atoms with Crippen molar-refractivity contribution in [1.29, 1.82) is 5.26 Å². The van der Waals surface area contributed by atoms with Crippen molar-refractivity contribution < 1.29 is 12.9 Å². The number of rotatable bonds is 4. The van der Waals surface area contributed by atoms with Gasteiger partial charge in [0.1, 0.15) is 11.2 Å². The van der Waals surface area contributed by atoms with Crippen LogP contribution < -0.4 is 4.72 Å². The van der Waals surface area contributed by atoms with E-state index in [0.717, 1.165) is 0 Å². The quantitative estimate of drug-likeness (QED) is 0.926. The number of halogens is 1. The van der Waals surface area contributed by atoms with Gasteiger partial charge in [0.2, 0.25) is 10.0 Å². The first-order chi connectivity index (χ1) is 9.03. The van der Waals surface area contributed by atoms with Gasteiger partial charge in [-0.2, -0.15) is 5.26 Å². The van der Waals surface area contributed by atoms with Gasteiger partial charge in [0, 0.05) is 6.07 Å². The lowest BCUT2D eigenvalue weighted by Crippen LogP contribution is -2.23. The van der Waals surface area contributed by atoms with Gasteiger partial charge in [0.25, 0.3) is 0 Å². The third-order valence-corrected chi connectivity index (χ3v) is 4.17. The number of hydrogen-bond donors (Lipinski definition) is 1. The second-order valence-corrected chi connectivity index (χ2v) is 5.71. The highest BCUT2D eigenvalue weighted by molar-refractivity contribution is 7.89. The second-order valence-electron chi connectivity index (χ2n) is 3.57. The van der Waals surface area contributed by atoms with E-state index >= 15 is 0 Å². The molecule has 0 saturated carbocycles. The van der Waals surface area contributed by atoms with Crippen LogP contribution in [0.1, 0.15) is 11.3 Å². The lowest BCUT2D eigenvalue weighted by Gasteiger charge is -2.07. The van der Waals surface area contributed by atoms with Crippen molar-refractivity contribution in [3.05, 3.63) is 46.8 Å². The van der Waals surface area contributed by atoms with Crippen molar-refractivity contribution in [2.24, 2.45) is 0 Å². The number of benzene rings is 1. The molecule has 1 aromatic carbocycles. The van der Waals surface area contributed by atoms with Crippen LogP contribution in [0.4, 0.5) is 0 Å². The van der Waals surface area contributed by atoms with Crippen molar-refractivity contribution in [2.75, 3.05) is 0 Å². The van der Waals surface area contributed by atoms with Gasteiger partial charge in [-0.25, -0.2) is 13.1 Å². The molecule has 0 spiro atoms. The Kier molecular flexibility index (Phi) is 3.85. The van der Waals surface area contributed by atoms with Crippen molar-refractivity contribution in [3.63, 3.8) is 0 Å². The minimum atomic E-state index is -3.77. The molecule has 2 rings (SSSR count). The maximum absolute atomic E-state index is 12.0. The number of nitriles is 1. The molecule has 1 N–H and O–H groups in total. The van der Waals surface area contributed by atoms with Crippen LogP contribution in [0.3, 0.4) is 0 Å². The molecule has 2 aromatic rings. The summed E-state index contributed by atoms with van der Waals surface area (Å²) in [4.78, 5) is -0.0864. The van der Waals surface area contributed by atoms with Crippen LogP contribution in [0.5, 0.6) is 0 Å². The van der Waals surface area contributed by atoms with Crippen LogP contribution >= 0.6 is 11.6 Å². The third kappa shape index (κ3) is 3.12. The second kappa shape index (κ2) is 5.40. The normalized spacial score (nSPS) is 11.2. The van der Waals surface area contributed by atoms with E-state index in [1.54, 1.807) is 6.07 Å². The van der Waals surface area contributed by atoms with Gasteiger partial charge in [0.05, 0.1) is 28.9 Å². The molecule has 98 valence electrons. The Bertz CT molecular complexity index is 720. The molecule has 6 nitrogen and oxygen atoms in total. The van der Waals surface area contributed by atoms with E-state index in [1.165, 1.54) is 24.5 Å². The first-order valence-corrected chi connectivity index (χ1v) is 6.97. The van der Waals surface area contributed by atoms with Crippen molar-refractivity contribution in [2.45, 2.75) is 11.4 Å². The number of nitrogens with one attached hydrogen (secondary N) is 1. The van der Waals surface area contributed by atoms with Crippen LogP contribution in [0.2, 0.25) is 5.02 Å². The molecule has 0 aliphatic heterocycles. The van der Waals surface area contributed by atoms with E-state index in [1.807, 2.05) is 6.07 Å². The third-order valence-electron chi connectivity index (χ3n) is 2.29. The van der Waals surface area contributed by atoms with Gasteiger partial charge >= 0.3 is 0 Å². The van der Waals surface area contributed by atoms with Crippen molar-refractivity contribution in [3.8, 4) is 6.07 Å². The molecule has 0 fully saturated rings. The van der Waals surface area contributed by atoms with Gasteiger partial charge in [-0.1, -0.05) is 16.8 Å². The van der Waals surface area contributed by atoms with Crippen molar-refractivity contribution in [1.82, 2.24) is 9.88 Å².